The standard InChI is InChI=1S/C25H24N4O2/c1-19-7-5-6-10-23(19)25(20-8-3-2-4-9-20)28-15-13-27(14-16-28)24-12-11-22(29(30)31)17-21(24)18-26/h2-12,17,25H,13-16H2,1H3. The zero-order valence-corrected chi connectivity index (χ0v) is 17.4. The summed E-state index contributed by atoms with van der Waals surface area (Å²) in [5.74, 6) is 0. The van der Waals surface area contributed by atoms with E-state index in [0.29, 0.717) is 5.56 Å². The van der Waals surface area contributed by atoms with Gasteiger partial charge in [0.25, 0.3) is 5.69 Å². The summed E-state index contributed by atoms with van der Waals surface area (Å²) in [5, 5.41) is 20.6. The fourth-order valence-corrected chi connectivity index (χ4v) is 4.34. The van der Waals surface area contributed by atoms with E-state index in [4.69, 9.17) is 0 Å². The van der Waals surface area contributed by atoms with Crippen molar-refractivity contribution in [3.05, 3.63) is 105 Å². The smallest absolute Gasteiger partial charge is 0.270 e. The van der Waals surface area contributed by atoms with Crippen LogP contribution in [0.5, 0.6) is 0 Å². The molecule has 0 spiro atoms. The average Bonchev–Trinajstić information content (AvgIpc) is 2.81. The van der Waals surface area contributed by atoms with Crippen molar-refractivity contribution in [1.29, 1.82) is 5.26 Å². The third kappa shape index (κ3) is 4.27. The molecule has 6 nitrogen and oxygen atoms in total. The molecular weight excluding hydrogens is 388 g/mol. The molecule has 1 fully saturated rings. The summed E-state index contributed by atoms with van der Waals surface area (Å²) >= 11 is 0. The molecule has 0 aliphatic carbocycles. The minimum absolute atomic E-state index is 0.0531. The first kappa shape index (κ1) is 20.6. The van der Waals surface area contributed by atoms with Crippen LogP contribution in [0.2, 0.25) is 0 Å². The highest BCUT2D eigenvalue weighted by molar-refractivity contribution is 5.63. The quantitative estimate of drug-likeness (QED) is 0.449. The molecule has 0 aromatic heterocycles. The second kappa shape index (κ2) is 8.99. The lowest BCUT2D eigenvalue weighted by atomic mass is 9.93. The van der Waals surface area contributed by atoms with Gasteiger partial charge in [-0.2, -0.15) is 5.26 Å². The van der Waals surface area contributed by atoms with Crippen molar-refractivity contribution < 1.29 is 4.92 Å². The molecular formula is C25H24N4O2. The van der Waals surface area contributed by atoms with Crippen molar-refractivity contribution in [2.45, 2.75) is 13.0 Å². The number of anilines is 1. The summed E-state index contributed by atoms with van der Waals surface area (Å²) in [5.41, 5.74) is 4.89. The Kier molecular flexibility index (Phi) is 5.96. The van der Waals surface area contributed by atoms with Crippen molar-refractivity contribution in [1.82, 2.24) is 4.90 Å². The third-order valence-electron chi connectivity index (χ3n) is 5.93. The van der Waals surface area contributed by atoms with E-state index in [-0.39, 0.29) is 11.7 Å². The van der Waals surface area contributed by atoms with Gasteiger partial charge in [-0.25, -0.2) is 0 Å². The predicted octanol–water partition coefficient (Wildman–Crippen LogP) is 4.69. The number of nitrogens with zero attached hydrogens (tertiary/aromatic N) is 4. The lowest BCUT2D eigenvalue weighted by Crippen LogP contribution is -2.48. The number of hydrogen-bond donors (Lipinski definition) is 0. The Morgan fingerprint density at radius 1 is 0.968 bits per heavy atom. The largest absolute Gasteiger partial charge is 0.368 e. The van der Waals surface area contributed by atoms with Crippen LogP contribution in [-0.2, 0) is 0 Å². The zero-order valence-electron chi connectivity index (χ0n) is 17.4. The van der Waals surface area contributed by atoms with Gasteiger partial charge in [0.05, 0.1) is 22.2 Å². The van der Waals surface area contributed by atoms with E-state index < -0.39 is 4.92 Å². The number of piperazine rings is 1. The summed E-state index contributed by atoms with van der Waals surface area (Å²) in [6.07, 6.45) is 0. The average molecular weight is 412 g/mol. The molecule has 0 N–H and O–H groups in total. The topological polar surface area (TPSA) is 73.4 Å². The molecule has 1 saturated heterocycles. The number of benzene rings is 3. The Hall–Kier alpha value is -3.69. The highest BCUT2D eigenvalue weighted by atomic mass is 16.6. The first-order chi connectivity index (χ1) is 15.1. The van der Waals surface area contributed by atoms with Crippen LogP contribution in [0.4, 0.5) is 11.4 Å². The molecule has 6 heteroatoms. The Balaban J connectivity index is 1.59. The van der Waals surface area contributed by atoms with Crippen LogP contribution in [0, 0.1) is 28.4 Å². The van der Waals surface area contributed by atoms with Gasteiger partial charge < -0.3 is 4.90 Å². The second-order valence-corrected chi connectivity index (χ2v) is 7.76. The zero-order chi connectivity index (χ0) is 21.8. The maximum Gasteiger partial charge on any atom is 0.270 e. The molecule has 1 aliphatic rings. The molecule has 156 valence electrons. The SMILES string of the molecule is Cc1ccccc1C(c1ccccc1)N1CCN(c2ccc([N+](=O)[O-])cc2C#N)CC1. The van der Waals surface area contributed by atoms with Crippen molar-refractivity contribution in [2.24, 2.45) is 0 Å². The molecule has 0 radical (unpaired) electrons. The molecule has 1 unspecified atom stereocenters. The Bertz CT molecular complexity index is 1120. The van der Waals surface area contributed by atoms with E-state index in [1.54, 1.807) is 6.07 Å². The summed E-state index contributed by atoms with van der Waals surface area (Å²) in [6, 6.07) is 25.9. The van der Waals surface area contributed by atoms with Gasteiger partial charge in [-0.1, -0.05) is 54.6 Å². The van der Waals surface area contributed by atoms with Crippen LogP contribution >= 0.6 is 0 Å². The van der Waals surface area contributed by atoms with Crippen LogP contribution in [-0.4, -0.2) is 36.0 Å². The van der Waals surface area contributed by atoms with E-state index in [1.165, 1.54) is 28.8 Å². The minimum atomic E-state index is -0.463. The van der Waals surface area contributed by atoms with Crippen LogP contribution in [0.3, 0.4) is 0 Å². The normalized spacial score (nSPS) is 15.3. The second-order valence-electron chi connectivity index (χ2n) is 7.76. The highest BCUT2D eigenvalue weighted by Gasteiger charge is 2.28. The lowest BCUT2D eigenvalue weighted by Gasteiger charge is -2.41. The van der Waals surface area contributed by atoms with Gasteiger partial charge in [0, 0.05) is 38.3 Å². The number of nitro benzene ring substituents is 1. The number of non-ortho nitro benzene ring substituents is 1. The van der Waals surface area contributed by atoms with Crippen molar-refractivity contribution in [3.63, 3.8) is 0 Å². The van der Waals surface area contributed by atoms with Gasteiger partial charge >= 0.3 is 0 Å². The number of aryl methyl sites for hydroxylation is 1. The van der Waals surface area contributed by atoms with E-state index in [1.807, 2.05) is 6.07 Å². The summed E-state index contributed by atoms with van der Waals surface area (Å²) in [4.78, 5) is 15.2. The van der Waals surface area contributed by atoms with Crippen molar-refractivity contribution in [3.8, 4) is 6.07 Å². The molecule has 3 aromatic carbocycles. The maximum absolute atomic E-state index is 11.0. The molecule has 1 aliphatic heterocycles. The van der Waals surface area contributed by atoms with E-state index in [2.05, 4.69) is 71.3 Å². The Morgan fingerprint density at radius 3 is 2.29 bits per heavy atom. The molecule has 31 heavy (non-hydrogen) atoms. The van der Waals surface area contributed by atoms with Crippen molar-refractivity contribution in [2.75, 3.05) is 31.1 Å². The summed E-state index contributed by atoms with van der Waals surface area (Å²) < 4.78 is 0. The van der Waals surface area contributed by atoms with E-state index in [9.17, 15) is 15.4 Å². The Morgan fingerprint density at radius 2 is 1.65 bits per heavy atom. The number of nitro groups is 1. The van der Waals surface area contributed by atoms with Crippen LogP contribution < -0.4 is 4.90 Å². The lowest BCUT2D eigenvalue weighted by molar-refractivity contribution is -0.384. The van der Waals surface area contributed by atoms with Crippen LogP contribution in [0.1, 0.15) is 28.3 Å². The molecule has 0 bridgehead atoms. The fraction of sp³-hybridized carbons (Fsp3) is 0.240. The number of rotatable bonds is 5. The molecule has 1 heterocycles. The van der Waals surface area contributed by atoms with Crippen LogP contribution in [0.25, 0.3) is 0 Å². The van der Waals surface area contributed by atoms with Gasteiger partial charge in [-0.15, -0.1) is 0 Å². The molecule has 0 saturated carbocycles. The molecule has 4 rings (SSSR count). The van der Waals surface area contributed by atoms with Gasteiger partial charge in [-0.05, 0) is 29.7 Å². The monoisotopic (exact) mass is 412 g/mol. The van der Waals surface area contributed by atoms with E-state index in [0.717, 1.165) is 31.9 Å². The van der Waals surface area contributed by atoms with Gasteiger partial charge in [0.2, 0.25) is 0 Å². The maximum atomic E-state index is 11.0. The van der Waals surface area contributed by atoms with Crippen molar-refractivity contribution >= 4 is 11.4 Å². The number of hydrogen-bond acceptors (Lipinski definition) is 5. The minimum Gasteiger partial charge on any atom is -0.368 e. The Labute approximate surface area is 182 Å². The molecule has 0 amide bonds. The first-order valence-corrected chi connectivity index (χ1v) is 10.4. The fourth-order valence-electron chi connectivity index (χ4n) is 4.34. The predicted molar refractivity (Wildman–Crippen MR) is 121 cm³/mol. The third-order valence-corrected chi connectivity index (χ3v) is 5.93. The highest BCUT2D eigenvalue weighted by Crippen LogP contribution is 2.33. The van der Waals surface area contributed by atoms with Gasteiger partial charge in [-0.3, -0.25) is 15.0 Å². The van der Waals surface area contributed by atoms with Crippen LogP contribution in [0.15, 0.2) is 72.8 Å². The summed E-state index contributed by atoms with van der Waals surface area (Å²) in [7, 11) is 0. The number of nitriles is 1. The first-order valence-electron chi connectivity index (χ1n) is 10.4. The van der Waals surface area contributed by atoms with E-state index >= 15 is 0 Å². The van der Waals surface area contributed by atoms with Gasteiger partial charge in [0.1, 0.15) is 6.07 Å². The summed E-state index contributed by atoms with van der Waals surface area (Å²) in [6.45, 7) is 5.31. The van der Waals surface area contributed by atoms with Gasteiger partial charge in [0.15, 0.2) is 0 Å². The molecule has 3 aromatic rings. The molecule has 1 atom stereocenters.